The first-order valence-corrected chi connectivity index (χ1v) is 19.3. The molecule has 3 atom stereocenters. The molecule has 0 amide bonds. The largest absolute Gasteiger partial charge is 0.487 e. The number of hydrogen-bond donors (Lipinski definition) is 1. The molecular weight excluding hydrogens is 706 g/mol. The van der Waals surface area contributed by atoms with Gasteiger partial charge in [-0.2, -0.15) is 5.26 Å². The fourth-order valence-corrected chi connectivity index (χ4v) is 7.76. The van der Waals surface area contributed by atoms with E-state index in [1.54, 1.807) is 30.3 Å². The van der Waals surface area contributed by atoms with E-state index in [9.17, 15) is 5.26 Å². The van der Waals surface area contributed by atoms with Crippen LogP contribution in [0.2, 0.25) is 0 Å². The summed E-state index contributed by atoms with van der Waals surface area (Å²) < 4.78 is 38.0. The van der Waals surface area contributed by atoms with E-state index in [-0.39, 0.29) is 12.1 Å². The van der Waals surface area contributed by atoms with E-state index in [1.165, 1.54) is 19.2 Å². The quantitative estimate of drug-likeness (QED) is 0.127. The van der Waals surface area contributed by atoms with E-state index in [1.807, 2.05) is 25.3 Å². The Morgan fingerprint density at radius 3 is 2.36 bits per heavy atom. The Morgan fingerprint density at radius 2 is 1.64 bits per heavy atom. The van der Waals surface area contributed by atoms with Crippen molar-refractivity contribution in [2.45, 2.75) is 88.7 Å². The molecule has 0 unspecified atom stereocenters. The number of nitrogens with zero attached hydrogens (tertiary/aromatic N) is 10. The van der Waals surface area contributed by atoms with Gasteiger partial charge in [0.2, 0.25) is 5.95 Å². The Morgan fingerprint density at radius 1 is 0.909 bits per heavy atom. The number of aromatic nitrogens is 8. The lowest BCUT2D eigenvalue weighted by molar-refractivity contribution is -0.0458. The van der Waals surface area contributed by atoms with Gasteiger partial charge >= 0.3 is 0 Å². The van der Waals surface area contributed by atoms with Gasteiger partial charge in [-0.25, -0.2) is 14.6 Å². The van der Waals surface area contributed by atoms with Gasteiger partial charge in [-0.15, -0.1) is 10.2 Å². The summed E-state index contributed by atoms with van der Waals surface area (Å²) in [6.45, 7) is 7.23. The second-order valence-electron chi connectivity index (χ2n) is 14.3. The first-order valence-electron chi connectivity index (χ1n) is 19.3. The third-order valence-corrected chi connectivity index (χ3v) is 10.4. The Hall–Kier alpha value is -4.73. The molecule has 0 radical (unpaired) electrons. The third kappa shape index (κ3) is 10.1. The number of nitrogens with one attached hydrogen (secondary N) is 1. The van der Waals surface area contributed by atoms with Crippen molar-refractivity contribution in [3.05, 3.63) is 48.7 Å². The van der Waals surface area contributed by atoms with Crippen LogP contribution in [0.4, 0.5) is 11.6 Å². The molecule has 1 N–H and O–H groups in total. The number of benzene rings is 1. The summed E-state index contributed by atoms with van der Waals surface area (Å²) in [5.74, 6) is 1.38. The van der Waals surface area contributed by atoms with Gasteiger partial charge in [-0.05, 0) is 73.6 Å². The molecule has 1 saturated carbocycles. The number of hydrogen-bond acceptors (Lipinski definition) is 15. The molecule has 17 heteroatoms. The minimum absolute atomic E-state index is 0.278. The van der Waals surface area contributed by atoms with E-state index in [0.717, 1.165) is 50.0 Å². The first-order chi connectivity index (χ1) is 27.1. The molecule has 7 rings (SSSR count). The van der Waals surface area contributed by atoms with Crippen molar-refractivity contribution >= 4 is 11.6 Å². The minimum Gasteiger partial charge on any atom is -0.487 e. The lowest BCUT2D eigenvalue weighted by atomic mass is 9.89. The zero-order valence-electron chi connectivity index (χ0n) is 31.7. The normalized spacial score (nSPS) is 21.6. The van der Waals surface area contributed by atoms with Gasteiger partial charge in [-0.1, -0.05) is 6.07 Å². The van der Waals surface area contributed by atoms with Crippen LogP contribution in [0.3, 0.4) is 0 Å². The predicted octanol–water partition coefficient (Wildman–Crippen LogP) is 4.20. The van der Waals surface area contributed by atoms with E-state index in [2.05, 4.69) is 46.5 Å². The Labute approximate surface area is 321 Å². The molecule has 1 aromatic carbocycles. The molecule has 17 nitrogen and oxygen atoms in total. The second-order valence-corrected chi connectivity index (χ2v) is 14.3. The van der Waals surface area contributed by atoms with Gasteiger partial charge in [0.1, 0.15) is 29.9 Å². The van der Waals surface area contributed by atoms with Gasteiger partial charge in [0.15, 0.2) is 0 Å². The number of morpholine rings is 1. The van der Waals surface area contributed by atoms with E-state index >= 15 is 0 Å². The topological polar surface area (TPSA) is 182 Å². The first kappa shape index (κ1) is 38.5. The molecule has 55 heavy (non-hydrogen) atoms. The smallest absolute Gasteiger partial charge is 0.256 e. The lowest BCUT2D eigenvalue weighted by Crippen LogP contribution is -2.52. The monoisotopic (exact) mass is 757 g/mol. The van der Waals surface area contributed by atoms with Crippen molar-refractivity contribution in [3.8, 4) is 28.8 Å². The van der Waals surface area contributed by atoms with E-state index in [0.29, 0.717) is 99.6 Å². The van der Waals surface area contributed by atoms with Gasteiger partial charge in [-0.3, -0.25) is 9.58 Å². The number of methoxy groups -OCH3 is 1. The van der Waals surface area contributed by atoms with E-state index in [4.69, 9.17) is 33.5 Å². The molecule has 5 heterocycles. The van der Waals surface area contributed by atoms with Crippen molar-refractivity contribution in [2.75, 3.05) is 65.3 Å². The number of nitriles is 1. The average Bonchev–Trinajstić information content (AvgIpc) is 3.93. The van der Waals surface area contributed by atoms with Crippen LogP contribution in [0.5, 0.6) is 11.6 Å². The molecule has 3 aromatic heterocycles. The molecule has 2 aliphatic heterocycles. The average molecular weight is 758 g/mol. The van der Waals surface area contributed by atoms with Gasteiger partial charge in [0.05, 0.1) is 70.6 Å². The van der Waals surface area contributed by atoms with Gasteiger partial charge in [0.25, 0.3) is 5.88 Å². The van der Waals surface area contributed by atoms with Crippen molar-refractivity contribution in [1.82, 2.24) is 44.9 Å². The number of ether oxygens (including phenoxy) is 6. The fraction of sp³-hybridized carbons (Fsp3) is 0.605. The van der Waals surface area contributed by atoms with Gasteiger partial charge < -0.3 is 33.7 Å². The maximum absolute atomic E-state index is 9.72. The standard InChI is InChI=1S/C38H51N11O6/c1-27(22-47-26-42-45-46-47)55-36-18-28(4-5-29(36)19-39)30-20-40-38(41-21-30)43-35-23-48(44-37(35)54-13-3-12-51-16-17-52-15-14-50-2)31-6-8-32(9-7-31)49-33-10-11-34(49)25-53-24-33/h4-5,18,20-21,23,26-27,31-34H,3,6-17,22,24-25H2,1-2H3,(H,40,41,43)/t27-,31-,32-,33-,34+/m0/s1. The number of fused-ring (bicyclic) bond motifs is 2. The van der Waals surface area contributed by atoms with Crippen LogP contribution in [-0.4, -0.2) is 129 Å². The Balaban J connectivity index is 0.990. The maximum Gasteiger partial charge on any atom is 0.256 e. The van der Waals surface area contributed by atoms with Crippen LogP contribution in [-0.2, 0) is 25.5 Å². The molecule has 3 aliphatic rings. The number of anilines is 2. The summed E-state index contributed by atoms with van der Waals surface area (Å²) in [5, 5.41) is 29.2. The van der Waals surface area contributed by atoms with Crippen LogP contribution >= 0.6 is 0 Å². The van der Waals surface area contributed by atoms with Gasteiger partial charge in [0, 0.05) is 56.2 Å². The molecule has 0 spiro atoms. The van der Waals surface area contributed by atoms with Crippen LogP contribution in [0, 0.1) is 11.3 Å². The third-order valence-electron chi connectivity index (χ3n) is 10.4. The predicted molar refractivity (Wildman–Crippen MR) is 200 cm³/mol. The molecule has 3 fully saturated rings. The Kier molecular flexibility index (Phi) is 13.5. The number of rotatable bonds is 20. The maximum atomic E-state index is 9.72. The zero-order valence-corrected chi connectivity index (χ0v) is 31.7. The van der Waals surface area contributed by atoms with Crippen molar-refractivity contribution in [1.29, 1.82) is 5.26 Å². The minimum atomic E-state index is -0.278. The van der Waals surface area contributed by atoms with Crippen LogP contribution in [0.25, 0.3) is 11.1 Å². The summed E-state index contributed by atoms with van der Waals surface area (Å²) >= 11 is 0. The highest BCUT2D eigenvalue weighted by molar-refractivity contribution is 5.67. The summed E-state index contributed by atoms with van der Waals surface area (Å²) in [6, 6.07) is 9.66. The Bertz CT molecular complexity index is 1790. The SMILES string of the molecule is COCCOCCOCCCOc1nn([C@H]2CC[C@H](N3[C@@H]4CC[C@H]3COC4)CC2)cc1Nc1ncc(-c2ccc(C#N)c(O[C@@H](C)Cn3cnnn3)c2)cn1. The molecular formula is C38H51N11O6. The summed E-state index contributed by atoms with van der Waals surface area (Å²) in [4.78, 5) is 12.0. The molecule has 4 aromatic rings. The number of tetrazole rings is 1. The summed E-state index contributed by atoms with van der Waals surface area (Å²) in [5.41, 5.74) is 2.72. The highest BCUT2D eigenvalue weighted by Crippen LogP contribution is 2.39. The summed E-state index contributed by atoms with van der Waals surface area (Å²) in [6.07, 6.45) is 14.4. The lowest BCUT2D eigenvalue weighted by Gasteiger charge is -2.43. The van der Waals surface area contributed by atoms with Crippen molar-refractivity contribution in [2.24, 2.45) is 0 Å². The second kappa shape index (κ2) is 19.2. The molecule has 1 aliphatic carbocycles. The fourth-order valence-electron chi connectivity index (χ4n) is 7.76. The van der Waals surface area contributed by atoms with Crippen LogP contribution in [0.1, 0.15) is 63.5 Å². The van der Waals surface area contributed by atoms with Crippen molar-refractivity contribution < 1.29 is 28.4 Å². The molecule has 294 valence electrons. The van der Waals surface area contributed by atoms with Crippen molar-refractivity contribution in [3.63, 3.8) is 0 Å². The molecule has 2 bridgehead atoms. The van der Waals surface area contributed by atoms with E-state index < -0.39 is 0 Å². The van der Waals surface area contributed by atoms with Crippen LogP contribution < -0.4 is 14.8 Å². The summed E-state index contributed by atoms with van der Waals surface area (Å²) in [7, 11) is 1.65. The molecule has 2 saturated heterocycles. The van der Waals surface area contributed by atoms with Crippen LogP contribution in [0.15, 0.2) is 43.1 Å². The highest BCUT2D eigenvalue weighted by atomic mass is 16.5. The zero-order chi connectivity index (χ0) is 37.8. The highest BCUT2D eigenvalue weighted by Gasteiger charge is 2.42.